The molecule has 4 heterocycles. The van der Waals surface area contributed by atoms with Crippen molar-refractivity contribution < 1.29 is 14.7 Å². The molecule has 164 valence electrons. The molecule has 0 spiro atoms. The molecular formula is C20H23N5O4S2. The van der Waals surface area contributed by atoms with Gasteiger partial charge >= 0.3 is 0 Å². The summed E-state index contributed by atoms with van der Waals surface area (Å²) in [6, 6.07) is 3.76. The molecule has 0 aliphatic carbocycles. The van der Waals surface area contributed by atoms with E-state index in [1.807, 2.05) is 19.1 Å². The first-order valence-electron chi connectivity index (χ1n) is 9.57. The van der Waals surface area contributed by atoms with Gasteiger partial charge in [-0.05, 0) is 31.7 Å². The number of pyridine rings is 1. The Hall–Kier alpha value is -2.76. The van der Waals surface area contributed by atoms with Crippen LogP contribution in [0.25, 0.3) is 11.7 Å². The summed E-state index contributed by atoms with van der Waals surface area (Å²) in [4.78, 5) is 44.0. The maximum Gasteiger partial charge on any atom is 0.300 e. The smallest absolute Gasteiger partial charge is 0.300 e. The first-order valence-corrected chi connectivity index (χ1v) is 10.8. The fraction of sp³-hybridized carbons (Fsp3) is 0.350. The molecule has 2 aromatic heterocycles. The minimum Gasteiger partial charge on any atom is -0.481 e. The Bertz CT molecular complexity index is 1130. The first-order chi connectivity index (χ1) is 14.7. The number of amides is 1. The zero-order valence-electron chi connectivity index (χ0n) is 17.4. The summed E-state index contributed by atoms with van der Waals surface area (Å²) in [7, 11) is 2.08. The van der Waals surface area contributed by atoms with E-state index in [1.54, 1.807) is 12.3 Å². The molecule has 2 aliphatic heterocycles. The molecule has 9 nitrogen and oxygen atoms in total. The van der Waals surface area contributed by atoms with Crippen LogP contribution >= 0.6 is 24.0 Å². The number of thioether (sulfide) groups is 1. The van der Waals surface area contributed by atoms with Gasteiger partial charge in [-0.1, -0.05) is 30.0 Å². The lowest BCUT2D eigenvalue weighted by Gasteiger charge is -2.34. The molecule has 0 aromatic carbocycles. The number of aliphatic carboxylic acids is 1. The van der Waals surface area contributed by atoms with Crippen molar-refractivity contribution in [1.29, 1.82) is 0 Å². The van der Waals surface area contributed by atoms with Gasteiger partial charge in [-0.2, -0.15) is 0 Å². The maximum absolute atomic E-state index is 13.3. The highest BCUT2D eigenvalue weighted by molar-refractivity contribution is 8.26. The highest BCUT2D eigenvalue weighted by Gasteiger charge is 2.26. The Morgan fingerprint density at radius 1 is 1.29 bits per heavy atom. The summed E-state index contributed by atoms with van der Waals surface area (Å²) >= 11 is 6.23. The van der Waals surface area contributed by atoms with Crippen LogP contribution in [0.2, 0.25) is 0 Å². The van der Waals surface area contributed by atoms with Gasteiger partial charge in [0.25, 0.3) is 17.4 Å². The molecule has 0 atom stereocenters. The van der Waals surface area contributed by atoms with Gasteiger partial charge in [0.15, 0.2) is 0 Å². The van der Waals surface area contributed by atoms with Gasteiger partial charge in [-0.3, -0.25) is 18.8 Å². The van der Waals surface area contributed by atoms with Crippen molar-refractivity contribution in [2.24, 2.45) is 0 Å². The van der Waals surface area contributed by atoms with Crippen molar-refractivity contribution in [2.75, 3.05) is 38.1 Å². The minimum absolute atomic E-state index is 0.184. The Labute approximate surface area is 188 Å². The third-order valence-electron chi connectivity index (χ3n) is 4.78. The second-order valence-electron chi connectivity index (χ2n) is 7.20. The number of thiocarbonyl (C=S) groups is 1. The van der Waals surface area contributed by atoms with Crippen LogP contribution in [-0.4, -0.2) is 68.8 Å². The number of anilines is 1. The lowest BCUT2D eigenvalue weighted by molar-refractivity contribution is -0.134. The van der Waals surface area contributed by atoms with Crippen molar-refractivity contribution in [3.05, 3.63) is 44.7 Å². The van der Waals surface area contributed by atoms with Crippen LogP contribution in [0.3, 0.4) is 0 Å². The van der Waals surface area contributed by atoms with Gasteiger partial charge in [0.1, 0.15) is 15.8 Å². The number of carbonyl (C=O) groups excluding carboxylic acids is 1. The van der Waals surface area contributed by atoms with E-state index in [0.29, 0.717) is 26.3 Å². The van der Waals surface area contributed by atoms with Crippen LogP contribution in [0.1, 0.15) is 18.1 Å². The summed E-state index contributed by atoms with van der Waals surface area (Å²) in [5.41, 5.74) is 1.80. The number of hydrogen-bond donors (Lipinski definition) is 2. The molecule has 0 saturated carbocycles. The van der Waals surface area contributed by atoms with E-state index >= 15 is 0 Å². The summed E-state index contributed by atoms with van der Waals surface area (Å²) < 4.78 is 1.94. The number of nitrogens with one attached hydrogen (secondary N) is 1. The zero-order valence-corrected chi connectivity index (χ0v) is 19.0. The third-order valence-corrected chi connectivity index (χ3v) is 5.95. The summed E-state index contributed by atoms with van der Waals surface area (Å²) in [5, 5.41) is 10.0. The van der Waals surface area contributed by atoms with Gasteiger partial charge in [-0.25, -0.2) is 4.98 Å². The fourth-order valence-corrected chi connectivity index (χ4v) is 4.26. The molecule has 4 rings (SSSR count). The van der Waals surface area contributed by atoms with Gasteiger partial charge in [0.05, 0.1) is 10.5 Å². The van der Waals surface area contributed by atoms with Gasteiger partial charge in [0.2, 0.25) is 0 Å². The van der Waals surface area contributed by atoms with Crippen molar-refractivity contribution >= 4 is 57.7 Å². The lowest BCUT2D eigenvalue weighted by Crippen LogP contribution is -2.45. The number of likely N-dealkylation sites (N-methyl/N-ethyl adjacent to an activating group) is 1. The number of rotatable bonds is 2. The molecule has 2 fully saturated rings. The van der Waals surface area contributed by atoms with Crippen molar-refractivity contribution in [2.45, 2.75) is 13.8 Å². The number of nitrogens with zero attached hydrogens (tertiary/aromatic N) is 4. The van der Waals surface area contributed by atoms with E-state index in [0.717, 1.165) is 38.7 Å². The average molecular weight is 462 g/mol. The van der Waals surface area contributed by atoms with E-state index in [1.165, 1.54) is 16.2 Å². The fourth-order valence-electron chi connectivity index (χ4n) is 3.24. The molecule has 0 radical (unpaired) electrons. The third kappa shape index (κ3) is 5.30. The molecule has 11 heteroatoms. The monoisotopic (exact) mass is 461 g/mol. The number of aryl methyl sites for hydroxylation is 1. The molecule has 2 saturated heterocycles. The van der Waals surface area contributed by atoms with E-state index < -0.39 is 5.97 Å². The molecule has 0 unspecified atom stereocenters. The minimum atomic E-state index is -0.833. The van der Waals surface area contributed by atoms with Crippen LogP contribution in [0.5, 0.6) is 0 Å². The first kappa shape index (κ1) is 22.9. The second-order valence-corrected chi connectivity index (χ2v) is 8.92. The number of aromatic nitrogens is 2. The molecule has 31 heavy (non-hydrogen) atoms. The van der Waals surface area contributed by atoms with Crippen molar-refractivity contribution in [3.63, 3.8) is 0 Å². The molecule has 2 aromatic rings. The number of carboxylic acid groups (broad SMARTS) is 1. The van der Waals surface area contributed by atoms with E-state index in [9.17, 15) is 9.59 Å². The van der Waals surface area contributed by atoms with Crippen LogP contribution in [-0.2, 0) is 9.59 Å². The van der Waals surface area contributed by atoms with Crippen LogP contribution < -0.4 is 15.8 Å². The normalized spacial score (nSPS) is 18.2. The largest absolute Gasteiger partial charge is 0.481 e. The highest BCUT2D eigenvalue weighted by Crippen LogP contribution is 2.28. The van der Waals surface area contributed by atoms with Crippen LogP contribution in [0.15, 0.2) is 28.0 Å². The highest BCUT2D eigenvalue weighted by atomic mass is 32.2. The standard InChI is InChI=1S/C18H19N5O2S2.C2H4O2/c1-11-4-3-5-23-14(11)19-15(22-8-6-21(2)7-9-22)12(17(23)25)10-13-16(24)20-18(26)27-13;1-2(3)4/h3-5,10H,6-9H2,1-2H3,(H,20,24,26);1H3,(H,3,4)/b13-10-;. The van der Waals surface area contributed by atoms with Crippen molar-refractivity contribution in [3.8, 4) is 0 Å². The zero-order chi connectivity index (χ0) is 22.7. The number of carbonyl (C=O) groups is 2. The summed E-state index contributed by atoms with van der Waals surface area (Å²) in [6.07, 6.45) is 3.33. The van der Waals surface area contributed by atoms with E-state index in [4.69, 9.17) is 27.1 Å². The Morgan fingerprint density at radius 2 is 1.94 bits per heavy atom. The number of carboxylic acids is 1. The summed E-state index contributed by atoms with van der Waals surface area (Å²) in [5.74, 6) is -0.482. The van der Waals surface area contributed by atoms with Crippen LogP contribution in [0, 0.1) is 6.92 Å². The van der Waals surface area contributed by atoms with Gasteiger partial charge in [-0.15, -0.1) is 0 Å². The number of piperazine rings is 1. The molecule has 2 N–H and O–H groups in total. The summed E-state index contributed by atoms with van der Waals surface area (Å²) in [6.45, 7) is 6.36. The van der Waals surface area contributed by atoms with E-state index in [2.05, 4.69) is 22.2 Å². The molecule has 1 amide bonds. The number of fused-ring (bicyclic) bond motifs is 1. The Morgan fingerprint density at radius 3 is 2.52 bits per heavy atom. The molecular weight excluding hydrogens is 438 g/mol. The SMILES string of the molecule is CC(=O)O.Cc1cccn2c(=O)c(/C=C3\SC(=S)NC3=O)c(N3CCN(C)CC3)nc12. The molecule has 2 aliphatic rings. The lowest BCUT2D eigenvalue weighted by atomic mass is 10.2. The quantitative estimate of drug-likeness (QED) is 0.506. The van der Waals surface area contributed by atoms with Gasteiger partial charge in [0, 0.05) is 39.3 Å². The molecule has 0 bridgehead atoms. The van der Waals surface area contributed by atoms with Crippen molar-refractivity contribution in [1.82, 2.24) is 19.6 Å². The van der Waals surface area contributed by atoms with E-state index in [-0.39, 0.29) is 11.5 Å². The average Bonchev–Trinajstić information content (AvgIpc) is 3.01. The predicted molar refractivity (Wildman–Crippen MR) is 126 cm³/mol. The Balaban J connectivity index is 0.000000628. The second kappa shape index (κ2) is 9.58. The Kier molecular flexibility index (Phi) is 7.08. The number of hydrogen-bond acceptors (Lipinski definition) is 8. The van der Waals surface area contributed by atoms with Crippen LogP contribution in [0.4, 0.5) is 5.82 Å². The van der Waals surface area contributed by atoms with Gasteiger partial charge < -0.3 is 20.2 Å². The predicted octanol–water partition coefficient (Wildman–Crippen LogP) is 1.33. The maximum atomic E-state index is 13.3. The topological polar surface area (TPSA) is 107 Å².